The molecule has 0 atom stereocenters. The minimum absolute atomic E-state index is 0.0169. The molecule has 2 amide bonds. The maximum atomic E-state index is 12.3. The number of esters is 1. The molecule has 1 aliphatic carbocycles. The van der Waals surface area contributed by atoms with E-state index < -0.39 is 18.5 Å². The maximum Gasteiger partial charge on any atom is 0.312 e. The Hall–Kier alpha value is -3.52. The lowest BCUT2D eigenvalue weighted by Gasteiger charge is -2.11. The van der Waals surface area contributed by atoms with Gasteiger partial charge in [0.1, 0.15) is 5.01 Å². The molecule has 0 saturated heterocycles. The monoisotopic (exact) mass is 435 g/mol. The van der Waals surface area contributed by atoms with E-state index in [4.69, 9.17) is 4.74 Å². The van der Waals surface area contributed by atoms with Crippen LogP contribution in [0.25, 0.3) is 10.6 Å². The molecule has 7 nitrogen and oxygen atoms in total. The van der Waals surface area contributed by atoms with Crippen molar-refractivity contribution >= 4 is 34.8 Å². The van der Waals surface area contributed by atoms with Gasteiger partial charge in [0, 0.05) is 17.0 Å². The van der Waals surface area contributed by atoms with Crippen LogP contribution in [-0.2, 0) is 20.7 Å². The van der Waals surface area contributed by atoms with E-state index in [1.165, 1.54) is 11.3 Å². The zero-order valence-electron chi connectivity index (χ0n) is 16.7. The van der Waals surface area contributed by atoms with Crippen molar-refractivity contribution in [2.75, 3.05) is 11.9 Å². The smallest absolute Gasteiger partial charge is 0.312 e. The SMILES string of the molecule is O=C(COC(=O)Cc1csc(-c2ccccc2)n1)Nc1ccccc1C(=O)NC1CC1. The summed E-state index contributed by atoms with van der Waals surface area (Å²) in [7, 11) is 0. The fourth-order valence-electron chi connectivity index (χ4n) is 2.91. The first-order chi connectivity index (χ1) is 15.1. The molecule has 0 aliphatic heterocycles. The Morgan fingerprint density at radius 2 is 1.77 bits per heavy atom. The number of aromatic nitrogens is 1. The summed E-state index contributed by atoms with van der Waals surface area (Å²) in [6, 6.07) is 16.6. The normalized spacial score (nSPS) is 12.8. The van der Waals surface area contributed by atoms with Crippen LogP contribution in [-0.4, -0.2) is 35.4 Å². The molecule has 31 heavy (non-hydrogen) atoms. The number of nitrogens with zero attached hydrogens (tertiary/aromatic N) is 1. The third-order valence-corrected chi connectivity index (χ3v) is 5.56. The lowest BCUT2D eigenvalue weighted by Crippen LogP contribution is -2.28. The van der Waals surface area contributed by atoms with E-state index >= 15 is 0 Å². The number of benzene rings is 2. The number of nitrogens with one attached hydrogen (secondary N) is 2. The maximum absolute atomic E-state index is 12.3. The lowest BCUT2D eigenvalue weighted by atomic mass is 10.1. The molecule has 0 bridgehead atoms. The molecule has 0 unspecified atom stereocenters. The van der Waals surface area contributed by atoms with Gasteiger partial charge in [-0.3, -0.25) is 14.4 Å². The van der Waals surface area contributed by atoms with E-state index in [-0.39, 0.29) is 18.4 Å². The molecule has 2 aromatic carbocycles. The summed E-state index contributed by atoms with van der Waals surface area (Å²) in [5, 5.41) is 8.16. The summed E-state index contributed by atoms with van der Waals surface area (Å²) in [5.74, 6) is -1.28. The summed E-state index contributed by atoms with van der Waals surface area (Å²) in [5.41, 5.74) is 2.34. The van der Waals surface area contributed by atoms with Gasteiger partial charge in [-0.2, -0.15) is 0 Å². The molecule has 2 N–H and O–H groups in total. The van der Waals surface area contributed by atoms with Gasteiger partial charge in [0.25, 0.3) is 11.8 Å². The van der Waals surface area contributed by atoms with Gasteiger partial charge in [0.15, 0.2) is 6.61 Å². The Kier molecular flexibility index (Phi) is 6.37. The average Bonchev–Trinajstić information content (AvgIpc) is 3.47. The Labute approximate surface area is 183 Å². The summed E-state index contributed by atoms with van der Waals surface area (Å²) < 4.78 is 5.08. The van der Waals surface area contributed by atoms with E-state index in [2.05, 4.69) is 15.6 Å². The molecule has 1 saturated carbocycles. The van der Waals surface area contributed by atoms with E-state index in [0.717, 1.165) is 23.4 Å². The van der Waals surface area contributed by atoms with Crippen LogP contribution in [0.2, 0.25) is 0 Å². The lowest BCUT2D eigenvalue weighted by molar-refractivity contribution is -0.146. The van der Waals surface area contributed by atoms with Crippen LogP contribution in [0.5, 0.6) is 0 Å². The van der Waals surface area contributed by atoms with Crippen LogP contribution in [0, 0.1) is 0 Å². The molecule has 0 radical (unpaired) electrons. The van der Waals surface area contributed by atoms with Crippen LogP contribution < -0.4 is 10.6 Å². The van der Waals surface area contributed by atoms with Crippen molar-refractivity contribution < 1.29 is 19.1 Å². The highest BCUT2D eigenvalue weighted by atomic mass is 32.1. The minimum atomic E-state index is -0.542. The van der Waals surface area contributed by atoms with Crippen LogP contribution in [0.15, 0.2) is 60.0 Å². The second-order valence-electron chi connectivity index (χ2n) is 7.19. The highest BCUT2D eigenvalue weighted by Crippen LogP contribution is 2.24. The number of ether oxygens (including phenoxy) is 1. The molecule has 1 aliphatic rings. The average molecular weight is 436 g/mol. The Morgan fingerprint density at radius 3 is 2.55 bits per heavy atom. The number of rotatable bonds is 8. The highest BCUT2D eigenvalue weighted by molar-refractivity contribution is 7.13. The molecule has 3 aromatic rings. The number of para-hydroxylation sites is 1. The van der Waals surface area contributed by atoms with Crippen molar-refractivity contribution in [1.29, 1.82) is 0 Å². The van der Waals surface area contributed by atoms with Crippen LogP contribution >= 0.6 is 11.3 Å². The zero-order valence-corrected chi connectivity index (χ0v) is 17.5. The predicted molar refractivity (Wildman–Crippen MR) is 118 cm³/mol. The first-order valence-electron chi connectivity index (χ1n) is 9.93. The van der Waals surface area contributed by atoms with E-state index in [1.807, 2.05) is 30.3 Å². The topological polar surface area (TPSA) is 97.4 Å². The van der Waals surface area contributed by atoms with Crippen molar-refractivity contribution in [2.24, 2.45) is 0 Å². The first-order valence-corrected chi connectivity index (χ1v) is 10.8. The number of hydrogen-bond acceptors (Lipinski definition) is 6. The van der Waals surface area contributed by atoms with Crippen molar-refractivity contribution in [3.8, 4) is 10.6 Å². The van der Waals surface area contributed by atoms with E-state index in [9.17, 15) is 14.4 Å². The molecule has 8 heteroatoms. The number of thiazole rings is 1. The quantitative estimate of drug-likeness (QED) is 0.529. The molecule has 1 aromatic heterocycles. The highest BCUT2D eigenvalue weighted by Gasteiger charge is 2.25. The largest absolute Gasteiger partial charge is 0.455 e. The third kappa shape index (κ3) is 5.76. The Bertz CT molecular complexity index is 1090. The number of carbonyl (C=O) groups is 3. The van der Waals surface area contributed by atoms with E-state index in [0.29, 0.717) is 16.9 Å². The van der Waals surface area contributed by atoms with Crippen molar-refractivity contribution in [2.45, 2.75) is 25.3 Å². The van der Waals surface area contributed by atoms with Gasteiger partial charge in [0.2, 0.25) is 0 Å². The van der Waals surface area contributed by atoms with Gasteiger partial charge < -0.3 is 15.4 Å². The molecular weight excluding hydrogens is 414 g/mol. The van der Waals surface area contributed by atoms with Gasteiger partial charge in [-0.05, 0) is 25.0 Å². The molecule has 1 heterocycles. The van der Waals surface area contributed by atoms with Crippen molar-refractivity contribution in [1.82, 2.24) is 10.3 Å². The van der Waals surface area contributed by atoms with Crippen LogP contribution in [0.1, 0.15) is 28.9 Å². The minimum Gasteiger partial charge on any atom is -0.455 e. The number of hydrogen-bond donors (Lipinski definition) is 2. The first kappa shape index (κ1) is 20.7. The fourth-order valence-corrected chi connectivity index (χ4v) is 3.74. The molecule has 0 spiro atoms. The standard InChI is InChI=1S/C23H21N3O4S/c27-20(26-19-9-5-4-8-18(19)22(29)24-16-10-11-16)13-30-21(28)12-17-14-31-23(25-17)15-6-2-1-3-7-15/h1-9,14,16H,10-13H2,(H,24,29)(H,26,27). The summed E-state index contributed by atoms with van der Waals surface area (Å²) in [6.45, 7) is -0.437. The predicted octanol–water partition coefficient (Wildman–Crippen LogP) is 3.43. The number of amides is 2. The van der Waals surface area contributed by atoms with Crippen LogP contribution in [0.4, 0.5) is 5.69 Å². The van der Waals surface area contributed by atoms with Crippen LogP contribution in [0.3, 0.4) is 0 Å². The molecule has 158 valence electrons. The third-order valence-electron chi connectivity index (χ3n) is 4.62. The van der Waals surface area contributed by atoms with Gasteiger partial charge in [-0.15, -0.1) is 11.3 Å². The zero-order chi connectivity index (χ0) is 21.6. The Balaban J connectivity index is 1.28. The second kappa shape index (κ2) is 9.53. The molecule has 1 fully saturated rings. The molecular formula is C23H21N3O4S. The summed E-state index contributed by atoms with van der Waals surface area (Å²) in [6.07, 6.45) is 1.93. The summed E-state index contributed by atoms with van der Waals surface area (Å²) >= 11 is 1.45. The Morgan fingerprint density at radius 1 is 1.03 bits per heavy atom. The second-order valence-corrected chi connectivity index (χ2v) is 8.05. The van der Waals surface area contributed by atoms with Gasteiger partial charge in [-0.25, -0.2) is 4.98 Å². The number of carbonyl (C=O) groups excluding carboxylic acids is 3. The molecule has 4 rings (SSSR count). The summed E-state index contributed by atoms with van der Waals surface area (Å²) in [4.78, 5) is 41.1. The number of anilines is 1. The van der Waals surface area contributed by atoms with Crippen molar-refractivity contribution in [3.05, 3.63) is 71.2 Å². The van der Waals surface area contributed by atoms with Gasteiger partial charge in [0.05, 0.1) is 23.4 Å². The van der Waals surface area contributed by atoms with Crippen molar-refractivity contribution in [3.63, 3.8) is 0 Å². The fraction of sp³-hybridized carbons (Fsp3) is 0.217. The van der Waals surface area contributed by atoms with E-state index in [1.54, 1.807) is 29.6 Å². The van der Waals surface area contributed by atoms with Gasteiger partial charge in [-0.1, -0.05) is 42.5 Å². The van der Waals surface area contributed by atoms with Gasteiger partial charge >= 0.3 is 5.97 Å².